The highest BCUT2D eigenvalue weighted by Gasteiger charge is 2.28. The molecule has 5 heteroatoms. The highest BCUT2D eigenvalue weighted by Crippen LogP contribution is 2.04. The maximum Gasteiger partial charge on any atom is 0.285 e. The molecular formula is C5H8FN3O. The first-order valence-electron chi connectivity index (χ1n) is 2.90. The third kappa shape index (κ3) is 1.07. The predicted molar refractivity (Wildman–Crippen MR) is 34.1 cm³/mol. The molecule has 2 unspecified atom stereocenters. The van der Waals surface area contributed by atoms with E-state index in [1.54, 1.807) is 0 Å². The number of hydrogen-bond acceptors (Lipinski definition) is 3. The summed E-state index contributed by atoms with van der Waals surface area (Å²) in [5.74, 6) is -0.810. The first kappa shape index (κ1) is 6.98. The summed E-state index contributed by atoms with van der Waals surface area (Å²) in [5.41, 5.74) is 5.13. The Morgan fingerprint density at radius 3 is 2.90 bits per heavy atom. The van der Waals surface area contributed by atoms with Crippen molar-refractivity contribution in [3.05, 3.63) is 0 Å². The van der Waals surface area contributed by atoms with Gasteiger partial charge < -0.3 is 11.1 Å². The summed E-state index contributed by atoms with van der Waals surface area (Å²) in [6, 6.07) is -0.565. The first-order chi connectivity index (χ1) is 4.61. The fraction of sp³-hybridized carbons (Fsp3) is 0.600. The minimum atomic E-state index is -1.56. The fourth-order valence-corrected chi connectivity index (χ4v) is 0.733. The molecule has 1 aliphatic heterocycles. The quantitative estimate of drug-likeness (QED) is 0.467. The number of nitrogens with two attached hydrogens (primary N) is 1. The summed E-state index contributed by atoms with van der Waals surface area (Å²) in [5, 5.41) is 2.49. The number of rotatable bonds is 0. The molecular weight excluding hydrogens is 137 g/mol. The molecule has 0 spiro atoms. The Hall–Kier alpha value is -1.13. The minimum absolute atomic E-state index is 0.00796. The Bertz CT molecular complexity index is 191. The normalized spacial score (nSPS) is 33.0. The second-order valence-corrected chi connectivity index (χ2v) is 2.17. The van der Waals surface area contributed by atoms with Gasteiger partial charge in [0, 0.05) is 0 Å². The van der Waals surface area contributed by atoms with Gasteiger partial charge >= 0.3 is 0 Å². The number of carbonyl (C=O) groups excluding carboxylic acids is 1. The maximum absolute atomic E-state index is 12.6. The Kier molecular flexibility index (Phi) is 1.57. The summed E-state index contributed by atoms with van der Waals surface area (Å²) in [7, 11) is 0. The second kappa shape index (κ2) is 2.24. The van der Waals surface area contributed by atoms with Crippen molar-refractivity contribution in [1.82, 2.24) is 5.32 Å². The number of nitrogens with one attached hydrogen (secondary N) is 1. The Morgan fingerprint density at radius 1 is 1.80 bits per heavy atom. The molecule has 0 saturated heterocycles. The van der Waals surface area contributed by atoms with E-state index in [0.717, 1.165) is 0 Å². The lowest BCUT2D eigenvalue weighted by molar-refractivity contribution is -0.123. The third-order valence-electron chi connectivity index (χ3n) is 1.28. The van der Waals surface area contributed by atoms with Crippen LogP contribution in [0.3, 0.4) is 0 Å². The van der Waals surface area contributed by atoms with E-state index in [9.17, 15) is 9.18 Å². The monoisotopic (exact) mass is 145 g/mol. The lowest BCUT2D eigenvalue weighted by Crippen LogP contribution is -2.50. The van der Waals surface area contributed by atoms with Crippen molar-refractivity contribution in [2.45, 2.75) is 19.1 Å². The molecule has 0 aromatic rings. The largest absolute Gasteiger partial charge is 0.370 e. The van der Waals surface area contributed by atoms with Gasteiger partial charge in [0.05, 0.1) is 6.04 Å². The zero-order chi connectivity index (χ0) is 7.72. The highest BCUT2D eigenvalue weighted by molar-refractivity contribution is 5.97. The van der Waals surface area contributed by atoms with E-state index in [4.69, 9.17) is 5.73 Å². The molecule has 0 aliphatic carbocycles. The molecule has 1 amide bonds. The lowest BCUT2D eigenvalue weighted by atomic mass is 10.2. The fourth-order valence-electron chi connectivity index (χ4n) is 0.733. The smallest absolute Gasteiger partial charge is 0.285 e. The summed E-state index contributed by atoms with van der Waals surface area (Å²) < 4.78 is 12.6. The summed E-state index contributed by atoms with van der Waals surface area (Å²) in [6.45, 7) is 1.53. The Balaban J connectivity index is 2.79. The van der Waals surface area contributed by atoms with Crippen LogP contribution in [0.4, 0.5) is 4.39 Å². The van der Waals surface area contributed by atoms with Crippen LogP contribution in [0, 0.1) is 0 Å². The maximum atomic E-state index is 12.6. The number of aliphatic imine (C=N–C) groups is 1. The summed E-state index contributed by atoms with van der Waals surface area (Å²) in [4.78, 5) is 13.7. The van der Waals surface area contributed by atoms with Crippen molar-refractivity contribution in [2.24, 2.45) is 10.7 Å². The summed E-state index contributed by atoms with van der Waals surface area (Å²) in [6.07, 6.45) is -1.56. The molecule has 0 saturated carbocycles. The van der Waals surface area contributed by atoms with Gasteiger partial charge in [0.1, 0.15) is 0 Å². The summed E-state index contributed by atoms with van der Waals surface area (Å²) >= 11 is 0. The SMILES string of the molecule is CC1NC(N)=NC(=O)C1F. The average Bonchev–Trinajstić information content (AvgIpc) is 1.82. The number of carbonyl (C=O) groups is 1. The average molecular weight is 145 g/mol. The van der Waals surface area contributed by atoms with Gasteiger partial charge in [0.15, 0.2) is 5.96 Å². The molecule has 1 aliphatic rings. The van der Waals surface area contributed by atoms with Gasteiger partial charge in [-0.2, -0.15) is 4.99 Å². The van der Waals surface area contributed by atoms with Crippen LogP contribution < -0.4 is 11.1 Å². The Labute approximate surface area is 57.3 Å². The number of amides is 1. The molecule has 3 N–H and O–H groups in total. The highest BCUT2D eigenvalue weighted by atomic mass is 19.1. The molecule has 0 aromatic carbocycles. The predicted octanol–water partition coefficient (Wildman–Crippen LogP) is -0.843. The number of alkyl halides is 1. The molecule has 1 rings (SSSR count). The lowest BCUT2D eigenvalue weighted by Gasteiger charge is -2.20. The molecule has 4 nitrogen and oxygen atoms in total. The van der Waals surface area contributed by atoms with Gasteiger partial charge in [-0.3, -0.25) is 4.79 Å². The molecule has 0 radical (unpaired) electrons. The zero-order valence-electron chi connectivity index (χ0n) is 5.47. The van der Waals surface area contributed by atoms with Crippen LogP contribution in [0.1, 0.15) is 6.92 Å². The first-order valence-corrected chi connectivity index (χ1v) is 2.90. The van der Waals surface area contributed by atoms with Gasteiger partial charge in [-0.05, 0) is 6.92 Å². The van der Waals surface area contributed by atoms with Crippen molar-refractivity contribution < 1.29 is 9.18 Å². The standard InChI is InChI=1S/C5H8FN3O/c1-2-3(6)4(10)9-5(7)8-2/h2-3H,1H3,(H3,7,8,9,10). The number of halogens is 1. The van der Waals surface area contributed by atoms with Gasteiger partial charge in [0.25, 0.3) is 5.91 Å². The van der Waals surface area contributed by atoms with Gasteiger partial charge in [0.2, 0.25) is 6.17 Å². The molecule has 0 bridgehead atoms. The number of nitrogens with zero attached hydrogens (tertiary/aromatic N) is 1. The molecule has 1 heterocycles. The van der Waals surface area contributed by atoms with E-state index in [-0.39, 0.29) is 5.96 Å². The van der Waals surface area contributed by atoms with Gasteiger partial charge in [-0.1, -0.05) is 0 Å². The van der Waals surface area contributed by atoms with Crippen molar-refractivity contribution in [1.29, 1.82) is 0 Å². The molecule has 0 fully saturated rings. The van der Waals surface area contributed by atoms with Crippen molar-refractivity contribution >= 4 is 11.9 Å². The minimum Gasteiger partial charge on any atom is -0.370 e. The van der Waals surface area contributed by atoms with E-state index in [2.05, 4.69) is 10.3 Å². The zero-order valence-corrected chi connectivity index (χ0v) is 5.47. The van der Waals surface area contributed by atoms with E-state index in [0.29, 0.717) is 0 Å². The van der Waals surface area contributed by atoms with Crippen molar-refractivity contribution in [3.8, 4) is 0 Å². The van der Waals surface area contributed by atoms with Crippen LogP contribution in [0.5, 0.6) is 0 Å². The molecule has 10 heavy (non-hydrogen) atoms. The van der Waals surface area contributed by atoms with Crippen LogP contribution in [-0.2, 0) is 4.79 Å². The van der Waals surface area contributed by atoms with Crippen molar-refractivity contribution in [3.63, 3.8) is 0 Å². The van der Waals surface area contributed by atoms with Crippen LogP contribution in [0.15, 0.2) is 4.99 Å². The van der Waals surface area contributed by atoms with Crippen LogP contribution in [0.25, 0.3) is 0 Å². The van der Waals surface area contributed by atoms with E-state index < -0.39 is 18.1 Å². The molecule has 2 atom stereocenters. The van der Waals surface area contributed by atoms with Crippen LogP contribution in [-0.4, -0.2) is 24.1 Å². The van der Waals surface area contributed by atoms with E-state index >= 15 is 0 Å². The van der Waals surface area contributed by atoms with E-state index in [1.165, 1.54) is 6.92 Å². The van der Waals surface area contributed by atoms with Gasteiger partial charge in [-0.15, -0.1) is 0 Å². The number of guanidine groups is 1. The Morgan fingerprint density at radius 2 is 2.40 bits per heavy atom. The molecule has 56 valence electrons. The van der Waals surface area contributed by atoms with Crippen LogP contribution in [0.2, 0.25) is 0 Å². The van der Waals surface area contributed by atoms with Crippen molar-refractivity contribution in [2.75, 3.05) is 0 Å². The second-order valence-electron chi connectivity index (χ2n) is 2.17. The third-order valence-corrected chi connectivity index (χ3v) is 1.28. The number of hydrogen-bond donors (Lipinski definition) is 2. The molecule has 0 aromatic heterocycles. The van der Waals surface area contributed by atoms with Gasteiger partial charge in [-0.25, -0.2) is 4.39 Å². The topological polar surface area (TPSA) is 67.5 Å². The van der Waals surface area contributed by atoms with Crippen LogP contribution >= 0.6 is 0 Å². The van der Waals surface area contributed by atoms with E-state index in [1.807, 2.05) is 0 Å².